The third-order valence-corrected chi connectivity index (χ3v) is 2.76. The number of amides is 2. The molecule has 2 amide bonds. The second kappa shape index (κ2) is 7.11. The molecule has 0 bridgehead atoms. The first kappa shape index (κ1) is 17.0. The van der Waals surface area contributed by atoms with E-state index in [1.54, 1.807) is 20.8 Å². The van der Waals surface area contributed by atoms with Crippen LogP contribution in [0.5, 0.6) is 0 Å². The Kier molecular flexibility index (Phi) is 5.76. The summed E-state index contributed by atoms with van der Waals surface area (Å²) in [6, 6.07) is 8.87. The number of carbonyl (C=O) groups is 2. The lowest BCUT2D eigenvalue weighted by Gasteiger charge is -2.28. The maximum absolute atomic E-state index is 12.0. The highest BCUT2D eigenvalue weighted by molar-refractivity contribution is 5.73. The van der Waals surface area contributed by atoms with Gasteiger partial charge in [-0.05, 0) is 33.3 Å². The zero-order chi connectivity index (χ0) is 16.0. The van der Waals surface area contributed by atoms with Crippen molar-refractivity contribution in [2.75, 3.05) is 0 Å². The average Bonchev–Trinajstić information content (AvgIpc) is 2.34. The number of ether oxygens (including phenoxy) is 1. The van der Waals surface area contributed by atoms with Crippen molar-refractivity contribution >= 4 is 12.0 Å². The van der Waals surface area contributed by atoms with Crippen LogP contribution in [0, 0.1) is 0 Å². The summed E-state index contributed by atoms with van der Waals surface area (Å²) in [5.41, 5.74) is 0.340. The van der Waals surface area contributed by atoms with E-state index in [4.69, 9.17) is 4.74 Å². The van der Waals surface area contributed by atoms with Crippen molar-refractivity contribution < 1.29 is 14.3 Å². The van der Waals surface area contributed by atoms with Crippen molar-refractivity contribution in [1.82, 2.24) is 10.6 Å². The van der Waals surface area contributed by atoms with Gasteiger partial charge in [0.05, 0.1) is 12.1 Å². The van der Waals surface area contributed by atoms with Crippen LogP contribution in [0.4, 0.5) is 4.79 Å². The van der Waals surface area contributed by atoms with Gasteiger partial charge in [-0.1, -0.05) is 30.3 Å². The number of carbonyl (C=O) groups excluding carboxylic acids is 2. The van der Waals surface area contributed by atoms with E-state index >= 15 is 0 Å². The number of rotatable bonds is 4. The summed E-state index contributed by atoms with van der Waals surface area (Å²) in [6.45, 7) is 8.71. The largest absolute Gasteiger partial charge is 0.444 e. The molecule has 2 atom stereocenters. The number of hydrogen-bond acceptors (Lipinski definition) is 3. The molecule has 0 spiro atoms. The zero-order valence-electron chi connectivity index (χ0n) is 13.3. The standard InChI is InChI=1S/C16H24N2O3/c1-11(17-12(2)19)14(13-9-7-6-8-10-13)18-15(20)21-16(3,4)5/h6-11,14H,1-5H3,(H,17,19)(H,18,20)/t11-,14+/m1/s1. The molecule has 0 saturated heterocycles. The summed E-state index contributed by atoms with van der Waals surface area (Å²) in [7, 11) is 0. The van der Waals surface area contributed by atoms with Gasteiger partial charge in [0.1, 0.15) is 5.60 Å². The fourth-order valence-electron chi connectivity index (χ4n) is 2.00. The lowest BCUT2D eigenvalue weighted by Crippen LogP contribution is -2.45. The van der Waals surface area contributed by atoms with Crippen LogP contribution in [0.25, 0.3) is 0 Å². The van der Waals surface area contributed by atoms with Gasteiger partial charge in [-0.2, -0.15) is 0 Å². The minimum absolute atomic E-state index is 0.144. The Balaban J connectivity index is 2.87. The van der Waals surface area contributed by atoms with Crippen LogP contribution < -0.4 is 10.6 Å². The van der Waals surface area contributed by atoms with Crippen LogP contribution in [0.15, 0.2) is 30.3 Å². The van der Waals surface area contributed by atoms with Crippen LogP contribution in [0.3, 0.4) is 0 Å². The van der Waals surface area contributed by atoms with E-state index < -0.39 is 11.7 Å². The van der Waals surface area contributed by atoms with Gasteiger partial charge in [-0.15, -0.1) is 0 Å². The smallest absolute Gasteiger partial charge is 0.408 e. The topological polar surface area (TPSA) is 67.4 Å². The first-order valence-electron chi connectivity index (χ1n) is 7.00. The summed E-state index contributed by atoms with van der Waals surface area (Å²) in [6.07, 6.45) is -0.506. The van der Waals surface area contributed by atoms with E-state index in [0.29, 0.717) is 0 Å². The molecular formula is C16H24N2O3. The molecule has 0 radical (unpaired) electrons. The van der Waals surface area contributed by atoms with Crippen LogP contribution in [-0.4, -0.2) is 23.6 Å². The SMILES string of the molecule is CC(=O)N[C@H](C)[C@H](NC(=O)OC(C)(C)C)c1ccccc1. The summed E-state index contributed by atoms with van der Waals surface area (Å²) in [5, 5.41) is 5.62. The van der Waals surface area contributed by atoms with Crippen molar-refractivity contribution in [1.29, 1.82) is 0 Å². The molecular weight excluding hydrogens is 268 g/mol. The molecule has 0 saturated carbocycles. The molecule has 5 heteroatoms. The minimum Gasteiger partial charge on any atom is -0.444 e. The van der Waals surface area contributed by atoms with Crippen molar-refractivity contribution in [3.05, 3.63) is 35.9 Å². The maximum atomic E-state index is 12.0. The Hall–Kier alpha value is -2.04. The Morgan fingerprint density at radius 3 is 2.14 bits per heavy atom. The Bertz CT molecular complexity index is 480. The van der Waals surface area contributed by atoms with E-state index in [0.717, 1.165) is 5.56 Å². The van der Waals surface area contributed by atoms with Gasteiger partial charge in [0.2, 0.25) is 5.91 Å². The van der Waals surface area contributed by atoms with Crippen LogP contribution in [0.1, 0.15) is 46.2 Å². The maximum Gasteiger partial charge on any atom is 0.408 e. The van der Waals surface area contributed by atoms with E-state index in [-0.39, 0.29) is 18.0 Å². The highest BCUT2D eigenvalue weighted by atomic mass is 16.6. The number of hydrogen-bond donors (Lipinski definition) is 2. The van der Waals surface area contributed by atoms with Gasteiger partial charge >= 0.3 is 6.09 Å². The third kappa shape index (κ3) is 6.29. The molecule has 0 aliphatic rings. The summed E-state index contributed by atoms with van der Waals surface area (Å²) in [5.74, 6) is -0.144. The monoisotopic (exact) mass is 292 g/mol. The summed E-state index contributed by atoms with van der Waals surface area (Å²) >= 11 is 0. The van der Waals surface area contributed by atoms with Gasteiger partial charge in [-0.3, -0.25) is 4.79 Å². The molecule has 2 N–H and O–H groups in total. The highest BCUT2D eigenvalue weighted by Crippen LogP contribution is 2.18. The zero-order valence-corrected chi connectivity index (χ0v) is 13.3. The molecule has 0 aliphatic carbocycles. The molecule has 5 nitrogen and oxygen atoms in total. The van der Waals surface area contributed by atoms with E-state index in [1.807, 2.05) is 37.3 Å². The fraction of sp³-hybridized carbons (Fsp3) is 0.500. The molecule has 0 heterocycles. The Morgan fingerprint density at radius 1 is 1.10 bits per heavy atom. The second-order valence-electron chi connectivity index (χ2n) is 6.02. The fourth-order valence-corrected chi connectivity index (χ4v) is 2.00. The number of benzene rings is 1. The first-order chi connectivity index (χ1) is 9.69. The lowest BCUT2D eigenvalue weighted by molar-refractivity contribution is -0.119. The predicted molar refractivity (Wildman–Crippen MR) is 81.8 cm³/mol. The normalized spacial score (nSPS) is 14.0. The van der Waals surface area contributed by atoms with Gasteiger partial charge in [-0.25, -0.2) is 4.79 Å². The van der Waals surface area contributed by atoms with Gasteiger partial charge < -0.3 is 15.4 Å². The molecule has 0 aliphatic heterocycles. The summed E-state index contributed by atoms with van der Waals surface area (Å²) in [4.78, 5) is 23.2. The molecule has 1 aromatic carbocycles. The first-order valence-corrected chi connectivity index (χ1v) is 7.00. The molecule has 1 rings (SSSR count). The second-order valence-corrected chi connectivity index (χ2v) is 6.02. The van der Waals surface area contributed by atoms with Crippen LogP contribution in [0.2, 0.25) is 0 Å². The van der Waals surface area contributed by atoms with Crippen LogP contribution >= 0.6 is 0 Å². The van der Waals surface area contributed by atoms with Crippen molar-refractivity contribution in [3.63, 3.8) is 0 Å². The van der Waals surface area contributed by atoms with Gasteiger partial charge in [0.15, 0.2) is 0 Å². The molecule has 0 fully saturated rings. The number of nitrogens with one attached hydrogen (secondary N) is 2. The average molecular weight is 292 g/mol. The Morgan fingerprint density at radius 2 is 1.67 bits per heavy atom. The van der Waals surface area contributed by atoms with Gasteiger partial charge in [0, 0.05) is 6.92 Å². The quantitative estimate of drug-likeness (QED) is 0.896. The minimum atomic E-state index is -0.567. The predicted octanol–water partition coefficient (Wildman–Crippen LogP) is 2.78. The van der Waals surface area contributed by atoms with Gasteiger partial charge in [0.25, 0.3) is 0 Å². The summed E-state index contributed by atoms with van der Waals surface area (Å²) < 4.78 is 5.28. The van der Waals surface area contributed by atoms with Crippen molar-refractivity contribution in [2.24, 2.45) is 0 Å². The van der Waals surface area contributed by atoms with E-state index in [1.165, 1.54) is 6.92 Å². The molecule has 0 unspecified atom stereocenters. The van der Waals surface area contributed by atoms with Crippen molar-refractivity contribution in [2.45, 2.75) is 52.3 Å². The molecule has 21 heavy (non-hydrogen) atoms. The lowest BCUT2D eigenvalue weighted by atomic mass is 10.0. The Labute approximate surface area is 126 Å². The molecule has 0 aromatic heterocycles. The molecule has 1 aromatic rings. The third-order valence-electron chi connectivity index (χ3n) is 2.76. The highest BCUT2D eigenvalue weighted by Gasteiger charge is 2.25. The van der Waals surface area contributed by atoms with E-state index in [9.17, 15) is 9.59 Å². The molecule has 116 valence electrons. The number of alkyl carbamates (subject to hydrolysis) is 1. The van der Waals surface area contributed by atoms with Crippen LogP contribution in [-0.2, 0) is 9.53 Å². The van der Waals surface area contributed by atoms with Crippen molar-refractivity contribution in [3.8, 4) is 0 Å². The van der Waals surface area contributed by atoms with E-state index in [2.05, 4.69) is 10.6 Å².